The molecule has 10 nitrogen and oxygen atoms in total. The molecule has 2 aromatic carbocycles. The molecular weight excluding hydrogens is 534 g/mol. The van der Waals surface area contributed by atoms with Crippen molar-refractivity contribution in [3.8, 4) is 17.7 Å². The second kappa shape index (κ2) is 10.7. The predicted octanol–water partition coefficient (Wildman–Crippen LogP) is 4.61. The Bertz CT molecular complexity index is 1660. The number of halogens is 2. The van der Waals surface area contributed by atoms with Crippen molar-refractivity contribution < 1.29 is 27.8 Å². The topological polar surface area (TPSA) is 122 Å². The number of fused-ring (bicyclic) bond motifs is 1. The number of carbonyl (C=O) groups is 2. The van der Waals surface area contributed by atoms with Crippen LogP contribution in [-0.4, -0.2) is 46.8 Å². The van der Waals surface area contributed by atoms with Gasteiger partial charge in [0, 0.05) is 34.6 Å². The molecule has 12 heteroatoms. The number of amides is 2. The molecule has 4 aromatic rings. The molecule has 0 saturated carbocycles. The van der Waals surface area contributed by atoms with Gasteiger partial charge in [-0.25, -0.2) is 4.98 Å². The van der Waals surface area contributed by atoms with E-state index in [1.165, 1.54) is 84.6 Å². The maximum Gasteiger partial charge on any atom is 0.299 e. The zero-order valence-electron chi connectivity index (χ0n) is 22.3. The predicted molar refractivity (Wildman–Crippen MR) is 144 cm³/mol. The summed E-state index contributed by atoms with van der Waals surface area (Å²) in [6.45, 7) is 2.13. The molecule has 0 unspecified atom stereocenters. The molecule has 1 aliphatic heterocycles. The van der Waals surface area contributed by atoms with Crippen molar-refractivity contribution in [2.45, 2.75) is 25.4 Å². The minimum Gasteiger partial charge on any atom is -0.495 e. The van der Waals surface area contributed by atoms with Crippen LogP contribution < -0.4 is 19.7 Å². The Morgan fingerprint density at radius 1 is 1.07 bits per heavy atom. The van der Waals surface area contributed by atoms with Gasteiger partial charge in [-0.15, -0.1) is 0 Å². The second-order valence-corrected chi connectivity index (χ2v) is 9.30. The van der Waals surface area contributed by atoms with Gasteiger partial charge >= 0.3 is 0 Å². The van der Waals surface area contributed by atoms with Crippen LogP contribution in [0.3, 0.4) is 0 Å². The Balaban J connectivity index is 1.39. The summed E-state index contributed by atoms with van der Waals surface area (Å²) in [5, 5.41) is 16.3. The normalized spacial score (nSPS) is 14.7. The van der Waals surface area contributed by atoms with Gasteiger partial charge in [-0.3, -0.25) is 14.3 Å². The number of methoxy groups -OCH3 is 2. The summed E-state index contributed by atoms with van der Waals surface area (Å²) < 4.78 is 41.9. The van der Waals surface area contributed by atoms with Crippen LogP contribution in [0.1, 0.15) is 44.5 Å². The minimum atomic E-state index is -3.32. The maximum atomic E-state index is 15.2. The molecule has 3 heterocycles. The first kappa shape index (κ1) is 27.3. The maximum absolute atomic E-state index is 15.2. The average Bonchev–Trinajstić information content (AvgIpc) is 3.39. The van der Waals surface area contributed by atoms with E-state index in [0.29, 0.717) is 18.0 Å². The van der Waals surface area contributed by atoms with Crippen LogP contribution in [0, 0.1) is 11.3 Å². The van der Waals surface area contributed by atoms with Gasteiger partial charge in [-0.05, 0) is 43.3 Å². The number of ether oxygens (including phenoxy) is 2. The molecule has 1 aliphatic rings. The van der Waals surface area contributed by atoms with Crippen LogP contribution >= 0.6 is 0 Å². The van der Waals surface area contributed by atoms with Crippen LogP contribution in [0.4, 0.5) is 20.2 Å². The Labute approximate surface area is 233 Å². The molecule has 0 fully saturated rings. The lowest BCUT2D eigenvalue weighted by Crippen LogP contribution is -2.47. The largest absolute Gasteiger partial charge is 0.495 e. The van der Waals surface area contributed by atoms with Gasteiger partial charge in [0.25, 0.3) is 17.7 Å². The van der Waals surface area contributed by atoms with Gasteiger partial charge < -0.3 is 19.7 Å². The van der Waals surface area contributed by atoms with E-state index >= 15 is 8.78 Å². The first-order valence-electron chi connectivity index (χ1n) is 12.5. The Hall–Kier alpha value is -5.31. The smallest absolute Gasteiger partial charge is 0.299 e. The molecule has 0 radical (unpaired) electrons. The van der Waals surface area contributed by atoms with Gasteiger partial charge in [0.15, 0.2) is 0 Å². The van der Waals surface area contributed by atoms with Crippen molar-refractivity contribution in [3.05, 3.63) is 94.9 Å². The van der Waals surface area contributed by atoms with Crippen molar-refractivity contribution in [2.24, 2.45) is 0 Å². The van der Waals surface area contributed by atoms with E-state index in [-0.39, 0.29) is 45.6 Å². The van der Waals surface area contributed by atoms with Crippen LogP contribution in [0.5, 0.6) is 11.6 Å². The second-order valence-electron chi connectivity index (χ2n) is 9.30. The fourth-order valence-electron chi connectivity index (χ4n) is 4.67. The number of nitrogens with zero attached hydrogens (tertiary/aromatic N) is 5. The van der Waals surface area contributed by atoms with Crippen molar-refractivity contribution in [3.63, 3.8) is 0 Å². The highest BCUT2D eigenvalue weighted by Gasteiger charge is 2.37. The van der Waals surface area contributed by atoms with E-state index in [1.807, 2.05) is 13.0 Å². The number of carbonyl (C=O) groups excluding carboxylic acids is 2. The van der Waals surface area contributed by atoms with Crippen LogP contribution in [0.2, 0.25) is 0 Å². The molecule has 0 spiro atoms. The highest BCUT2D eigenvalue weighted by Crippen LogP contribution is 2.37. The Kier molecular flexibility index (Phi) is 7.11. The third kappa shape index (κ3) is 4.93. The van der Waals surface area contributed by atoms with Crippen LogP contribution in [-0.2, 0) is 12.5 Å². The number of nitriles is 1. The van der Waals surface area contributed by atoms with Gasteiger partial charge in [0.2, 0.25) is 5.88 Å². The summed E-state index contributed by atoms with van der Waals surface area (Å²) >= 11 is 0. The summed E-state index contributed by atoms with van der Waals surface area (Å²) in [4.78, 5) is 32.0. The summed E-state index contributed by atoms with van der Waals surface area (Å²) in [5.41, 5.74) is 0.556. The van der Waals surface area contributed by atoms with E-state index in [2.05, 4.69) is 15.4 Å². The molecule has 2 amide bonds. The monoisotopic (exact) mass is 558 g/mol. The number of benzene rings is 2. The average molecular weight is 559 g/mol. The van der Waals surface area contributed by atoms with Crippen LogP contribution in [0.25, 0.3) is 0 Å². The summed E-state index contributed by atoms with van der Waals surface area (Å²) in [6.07, 6.45) is 2.44. The third-order valence-corrected chi connectivity index (χ3v) is 6.79. The molecule has 1 atom stereocenters. The van der Waals surface area contributed by atoms with Gasteiger partial charge in [-0.1, -0.05) is 12.1 Å². The summed E-state index contributed by atoms with van der Waals surface area (Å²) in [7, 11) is 2.82. The van der Waals surface area contributed by atoms with Crippen molar-refractivity contribution in [1.29, 1.82) is 5.26 Å². The van der Waals surface area contributed by atoms with Crippen LogP contribution in [0.15, 0.2) is 67.0 Å². The molecule has 208 valence electrons. The lowest BCUT2D eigenvalue weighted by molar-refractivity contribution is 0.0424. The first-order chi connectivity index (χ1) is 19.7. The van der Waals surface area contributed by atoms with Gasteiger partial charge in [0.05, 0.1) is 44.3 Å². The molecule has 0 bridgehead atoms. The van der Waals surface area contributed by atoms with E-state index < -0.39 is 17.7 Å². The van der Waals surface area contributed by atoms with Crippen molar-refractivity contribution in [2.75, 3.05) is 24.4 Å². The highest BCUT2D eigenvalue weighted by atomic mass is 19.3. The zero-order valence-corrected chi connectivity index (χ0v) is 22.3. The van der Waals surface area contributed by atoms with E-state index in [9.17, 15) is 14.9 Å². The van der Waals surface area contributed by atoms with E-state index in [0.717, 1.165) is 6.20 Å². The fraction of sp³-hybridized carbons (Fsp3) is 0.207. The first-order valence-corrected chi connectivity index (χ1v) is 12.5. The van der Waals surface area contributed by atoms with Gasteiger partial charge in [-0.2, -0.15) is 19.1 Å². The standard InChI is InChI=1S/C29H24F2N6O4/c1-17-16-36-26(23(15-34-36)35-27(38)18-4-10-24(40-2)19(12-18)13-32)28(39)37(17)22-8-5-20(6-9-22)29(30,31)21-7-11-25(41-3)33-14-21/h4-12,14-15,17H,16H2,1-3H3,(H,35,38)/t17-/m0/s1. The van der Waals surface area contributed by atoms with Crippen molar-refractivity contribution in [1.82, 2.24) is 14.8 Å². The molecule has 0 saturated heterocycles. The molecule has 0 aliphatic carbocycles. The van der Waals surface area contributed by atoms with E-state index in [1.54, 1.807) is 0 Å². The Morgan fingerprint density at radius 3 is 2.44 bits per heavy atom. The number of rotatable bonds is 7. The lowest BCUT2D eigenvalue weighted by Gasteiger charge is -2.34. The highest BCUT2D eigenvalue weighted by molar-refractivity contribution is 6.13. The third-order valence-electron chi connectivity index (χ3n) is 6.79. The lowest BCUT2D eigenvalue weighted by atomic mass is 10.0. The minimum absolute atomic E-state index is 0.143. The number of hydrogen-bond acceptors (Lipinski definition) is 7. The Morgan fingerprint density at radius 2 is 1.80 bits per heavy atom. The summed E-state index contributed by atoms with van der Waals surface area (Å²) in [5.74, 6) is -3.77. The molecule has 5 rings (SSSR count). The number of anilines is 2. The quantitative estimate of drug-likeness (QED) is 0.352. The number of aromatic nitrogens is 3. The summed E-state index contributed by atoms with van der Waals surface area (Å²) in [6, 6.07) is 14.1. The number of hydrogen-bond donors (Lipinski definition) is 1. The van der Waals surface area contributed by atoms with Gasteiger partial charge in [0.1, 0.15) is 17.5 Å². The SMILES string of the molecule is COc1ccc(C(F)(F)c2ccc(N3C(=O)c4c(NC(=O)c5ccc(OC)c(C#N)c5)cnn4C[C@@H]3C)cc2)cn1. The molecule has 1 N–H and O–H groups in total. The number of nitrogens with one attached hydrogen (secondary N) is 1. The number of alkyl halides is 2. The number of pyridine rings is 1. The fourth-order valence-corrected chi connectivity index (χ4v) is 4.67. The van der Waals surface area contributed by atoms with Crippen molar-refractivity contribution >= 4 is 23.2 Å². The molecule has 2 aromatic heterocycles. The molecule has 41 heavy (non-hydrogen) atoms. The molecular formula is C29H24F2N6O4. The van der Waals surface area contributed by atoms with E-state index in [4.69, 9.17) is 9.47 Å². The zero-order chi connectivity index (χ0) is 29.3.